The Hall–Kier alpha value is -3.51. The number of nitrogens with zero attached hydrogens (tertiary/aromatic N) is 4. The lowest BCUT2D eigenvalue weighted by molar-refractivity contribution is 0.0697. The highest BCUT2D eigenvalue weighted by Crippen LogP contribution is 2.26. The molecule has 128 valence electrons. The number of aromatic nitrogens is 1. The summed E-state index contributed by atoms with van der Waals surface area (Å²) in [6, 6.07) is 7.30. The van der Waals surface area contributed by atoms with Gasteiger partial charge in [0.05, 0.1) is 24.4 Å². The van der Waals surface area contributed by atoms with Gasteiger partial charge >= 0.3 is 5.97 Å². The van der Waals surface area contributed by atoms with Gasteiger partial charge in [0.25, 0.3) is 5.56 Å². The van der Waals surface area contributed by atoms with Gasteiger partial charge in [0.1, 0.15) is 11.6 Å². The van der Waals surface area contributed by atoms with Gasteiger partial charge in [-0.2, -0.15) is 10.4 Å². The number of pyridine rings is 1. The molecule has 0 radical (unpaired) electrons. The molecule has 0 unspecified atom stereocenters. The van der Waals surface area contributed by atoms with Gasteiger partial charge < -0.3 is 15.3 Å². The van der Waals surface area contributed by atoms with E-state index in [0.717, 1.165) is 4.57 Å². The molecular weight excluding hydrogens is 328 g/mol. The minimum absolute atomic E-state index is 0.0804. The molecule has 0 spiro atoms. The van der Waals surface area contributed by atoms with Gasteiger partial charge in [0.2, 0.25) is 5.88 Å². The first-order valence-electron chi connectivity index (χ1n) is 7.13. The number of rotatable bonds is 5. The molecule has 0 aliphatic carbocycles. The predicted molar refractivity (Wildman–Crippen MR) is 86.5 cm³/mol. The molecule has 0 saturated carbocycles. The highest BCUT2D eigenvalue weighted by atomic mass is 16.4. The van der Waals surface area contributed by atoms with Crippen molar-refractivity contribution >= 4 is 17.3 Å². The Morgan fingerprint density at radius 1 is 1.28 bits per heavy atom. The average Bonchev–Trinajstić information content (AvgIpc) is 2.59. The number of hydrogen-bond acceptors (Lipinski definition) is 7. The summed E-state index contributed by atoms with van der Waals surface area (Å²) in [6.45, 7) is 0.842. The maximum absolute atomic E-state index is 12.4. The zero-order chi connectivity index (χ0) is 18.6. The Bertz CT molecular complexity index is 939. The second kappa shape index (κ2) is 7.37. The molecular formula is C16H14N4O5. The smallest absolute Gasteiger partial charge is 0.335 e. The molecule has 1 aromatic carbocycles. The number of nitriles is 1. The number of aromatic carboxylic acids is 1. The maximum atomic E-state index is 12.4. The molecule has 2 rings (SSSR count). The zero-order valence-electron chi connectivity index (χ0n) is 13.2. The van der Waals surface area contributed by atoms with E-state index in [0.29, 0.717) is 5.69 Å². The monoisotopic (exact) mass is 342 g/mol. The number of aliphatic hydroxyl groups is 1. The molecule has 0 saturated heterocycles. The second-order valence-corrected chi connectivity index (χ2v) is 5.02. The number of carboxylic acid groups (broad SMARTS) is 1. The van der Waals surface area contributed by atoms with E-state index in [1.807, 2.05) is 0 Å². The van der Waals surface area contributed by atoms with Crippen molar-refractivity contribution in [3.05, 3.63) is 51.3 Å². The van der Waals surface area contributed by atoms with Crippen molar-refractivity contribution in [2.75, 3.05) is 6.61 Å². The Kier molecular flexibility index (Phi) is 5.26. The molecule has 25 heavy (non-hydrogen) atoms. The standard InChI is InChI=1S/C16H14N4O5/c1-9-12(8-17)14(22)20(6-7-21)15(23)13(9)19-18-11-4-2-10(3-5-11)16(24)25/h2-5,21-22H,6-7H2,1H3,(H,24,25). The minimum Gasteiger partial charge on any atom is -0.493 e. The summed E-state index contributed by atoms with van der Waals surface area (Å²) in [5, 5.41) is 44.7. The Labute approximate surface area is 141 Å². The van der Waals surface area contributed by atoms with Crippen LogP contribution in [0, 0.1) is 18.3 Å². The van der Waals surface area contributed by atoms with E-state index in [-0.39, 0.29) is 28.9 Å². The summed E-state index contributed by atoms with van der Waals surface area (Å²) in [4.78, 5) is 23.2. The Morgan fingerprint density at radius 3 is 2.44 bits per heavy atom. The van der Waals surface area contributed by atoms with Crippen LogP contribution < -0.4 is 5.56 Å². The van der Waals surface area contributed by atoms with Crippen molar-refractivity contribution in [2.45, 2.75) is 13.5 Å². The number of carbonyl (C=O) groups is 1. The Balaban J connectivity index is 2.52. The molecule has 0 atom stereocenters. The molecule has 9 heteroatoms. The lowest BCUT2D eigenvalue weighted by Crippen LogP contribution is -2.23. The fourth-order valence-corrected chi connectivity index (χ4v) is 2.14. The van der Waals surface area contributed by atoms with Gasteiger partial charge in [-0.05, 0) is 31.2 Å². The van der Waals surface area contributed by atoms with Gasteiger partial charge in [-0.1, -0.05) is 0 Å². The van der Waals surface area contributed by atoms with E-state index in [1.54, 1.807) is 6.07 Å². The molecule has 1 aromatic heterocycles. The quantitative estimate of drug-likeness (QED) is 0.706. The van der Waals surface area contributed by atoms with Crippen LogP contribution in [0.2, 0.25) is 0 Å². The summed E-state index contributed by atoms with van der Waals surface area (Å²) >= 11 is 0. The molecule has 0 bridgehead atoms. The van der Waals surface area contributed by atoms with Gasteiger partial charge in [-0.15, -0.1) is 5.11 Å². The summed E-state index contributed by atoms with van der Waals surface area (Å²) in [5.74, 6) is -1.62. The van der Waals surface area contributed by atoms with E-state index in [1.165, 1.54) is 31.2 Å². The van der Waals surface area contributed by atoms with Crippen molar-refractivity contribution in [1.82, 2.24) is 4.57 Å². The summed E-state index contributed by atoms with van der Waals surface area (Å²) in [5.41, 5.74) is -0.437. The molecule has 0 fully saturated rings. The summed E-state index contributed by atoms with van der Waals surface area (Å²) < 4.78 is 0.841. The predicted octanol–water partition coefficient (Wildman–Crippen LogP) is 1.84. The van der Waals surface area contributed by atoms with Crippen LogP contribution in [0.5, 0.6) is 5.88 Å². The van der Waals surface area contributed by atoms with Gasteiger partial charge in [-0.25, -0.2) is 4.79 Å². The number of aromatic hydroxyl groups is 1. The number of azo groups is 1. The molecule has 0 aliphatic heterocycles. The van der Waals surface area contributed by atoms with Crippen molar-refractivity contribution in [1.29, 1.82) is 5.26 Å². The molecule has 3 N–H and O–H groups in total. The lowest BCUT2D eigenvalue weighted by atomic mass is 10.1. The fraction of sp³-hybridized carbons (Fsp3) is 0.188. The molecule has 0 amide bonds. The van der Waals surface area contributed by atoms with Crippen molar-refractivity contribution in [3.8, 4) is 11.9 Å². The first-order chi connectivity index (χ1) is 11.9. The summed E-state index contributed by atoms with van der Waals surface area (Å²) in [7, 11) is 0. The summed E-state index contributed by atoms with van der Waals surface area (Å²) in [6.07, 6.45) is 0. The highest BCUT2D eigenvalue weighted by molar-refractivity contribution is 5.87. The number of benzene rings is 1. The highest BCUT2D eigenvalue weighted by Gasteiger charge is 2.18. The third-order valence-corrected chi connectivity index (χ3v) is 3.47. The minimum atomic E-state index is -1.08. The maximum Gasteiger partial charge on any atom is 0.335 e. The molecule has 2 aromatic rings. The van der Waals surface area contributed by atoms with Crippen LogP contribution in [-0.4, -0.2) is 32.5 Å². The largest absolute Gasteiger partial charge is 0.493 e. The third kappa shape index (κ3) is 3.54. The van der Waals surface area contributed by atoms with Crippen molar-refractivity contribution < 1.29 is 20.1 Å². The Morgan fingerprint density at radius 2 is 1.92 bits per heavy atom. The van der Waals surface area contributed by atoms with Gasteiger partial charge in [0.15, 0.2) is 5.69 Å². The van der Waals surface area contributed by atoms with Crippen LogP contribution in [0.1, 0.15) is 21.5 Å². The SMILES string of the molecule is Cc1c(C#N)c(O)n(CCO)c(=O)c1N=Nc1ccc(C(=O)O)cc1. The van der Waals surface area contributed by atoms with Crippen LogP contribution in [0.4, 0.5) is 11.4 Å². The van der Waals surface area contributed by atoms with E-state index in [2.05, 4.69) is 10.2 Å². The van der Waals surface area contributed by atoms with Crippen molar-refractivity contribution in [3.63, 3.8) is 0 Å². The van der Waals surface area contributed by atoms with Gasteiger partial charge in [0, 0.05) is 5.56 Å². The van der Waals surface area contributed by atoms with Crippen LogP contribution in [0.15, 0.2) is 39.3 Å². The average molecular weight is 342 g/mol. The van der Waals surface area contributed by atoms with Crippen LogP contribution in [0.3, 0.4) is 0 Å². The topological polar surface area (TPSA) is 148 Å². The molecule has 1 heterocycles. The first kappa shape index (κ1) is 17.8. The number of carboxylic acids is 1. The van der Waals surface area contributed by atoms with E-state index < -0.39 is 24.0 Å². The van der Waals surface area contributed by atoms with E-state index in [4.69, 9.17) is 15.5 Å². The lowest BCUT2D eigenvalue weighted by Gasteiger charge is -2.11. The van der Waals surface area contributed by atoms with E-state index >= 15 is 0 Å². The van der Waals surface area contributed by atoms with Crippen LogP contribution in [-0.2, 0) is 6.54 Å². The fourth-order valence-electron chi connectivity index (χ4n) is 2.14. The van der Waals surface area contributed by atoms with E-state index in [9.17, 15) is 14.7 Å². The zero-order valence-corrected chi connectivity index (χ0v) is 13.2. The normalized spacial score (nSPS) is 10.8. The van der Waals surface area contributed by atoms with Crippen LogP contribution >= 0.6 is 0 Å². The number of hydrogen-bond donors (Lipinski definition) is 3. The van der Waals surface area contributed by atoms with Gasteiger partial charge in [-0.3, -0.25) is 9.36 Å². The first-order valence-corrected chi connectivity index (χ1v) is 7.13. The van der Waals surface area contributed by atoms with Crippen molar-refractivity contribution in [2.24, 2.45) is 10.2 Å². The number of aliphatic hydroxyl groups excluding tert-OH is 1. The molecule has 9 nitrogen and oxygen atoms in total. The second-order valence-electron chi connectivity index (χ2n) is 5.02. The third-order valence-electron chi connectivity index (χ3n) is 3.47. The van der Waals surface area contributed by atoms with Crippen LogP contribution in [0.25, 0.3) is 0 Å². The molecule has 0 aliphatic rings.